The second-order valence-corrected chi connectivity index (χ2v) is 5.27. The van der Waals surface area contributed by atoms with Crippen LogP contribution in [0, 0.1) is 5.41 Å². The molecule has 0 heterocycles. The summed E-state index contributed by atoms with van der Waals surface area (Å²) in [5.74, 6) is 1.59. The van der Waals surface area contributed by atoms with Gasteiger partial charge in [0.15, 0.2) is 0 Å². The summed E-state index contributed by atoms with van der Waals surface area (Å²) in [6.45, 7) is 0.574. The predicted molar refractivity (Wildman–Crippen MR) is 99.0 cm³/mol. The average Bonchev–Trinajstić information content (AvgIpc) is 2.62. The minimum atomic E-state index is 0.0588. The molecule has 132 valence electrons. The molecular weight excluding hydrogens is 318 g/mol. The third kappa shape index (κ3) is 5.50. The summed E-state index contributed by atoms with van der Waals surface area (Å²) in [6.07, 6.45) is 1.61. The van der Waals surface area contributed by atoms with Crippen LogP contribution in [-0.2, 0) is 6.54 Å². The molecule has 2 rings (SSSR count). The molecule has 7 nitrogen and oxygen atoms in total. The molecule has 0 saturated heterocycles. The molecule has 0 unspecified atom stereocenters. The molecule has 0 saturated carbocycles. The molecule has 0 aromatic heterocycles. The van der Waals surface area contributed by atoms with Crippen LogP contribution >= 0.6 is 0 Å². The number of hydrazine groups is 1. The van der Waals surface area contributed by atoms with E-state index >= 15 is 0 Å². The molecule has 25 heavy (non-hydrogen) atoms. The van der Waals surface area contributed by atoms with E-state index in [1.54, 1.807) is 25.4 Å². The van der Waals surface area contributed by atoms with Gasteiger partial charge in [0.25, 0.3) is 0 Å². The summed E-state index contributed by atoms with van der Waals surface area (Å²) in [7, 11) is 5.09. The van der Waals surface area contributed by atoms with Crippen molar-refractivity contribution in [3.05, 3.63) is 59.7 Å². The summed E-state index contributed by atoms with van der Waals surface area (Å²) in [5, 5.41) is 13.7. The van der Waals surface area contributed by atoms with Crippen LogP contribution in [0.4, 0.5) is 0 Å². The van der Waals surface area contributed by atoms with Crippen molar-refractivity contribution in [3.8, 4) is 11.5 Å². The fraction of sp³-hybridized carbons (Fsp3) is 0.222. The van der Waals surface area contributed by atoms with E-state index in [0.29, 0.717) is 6.54 Å². The number of methoxy groups -OCH3 is 2. The standard InChI is InChI=1S/C18H23N5O2/c1-23(13-15-9-5-7-11-17(15)25-3)22-18(19)21-20-12-14-8-4-6-10-16(14)24-2/h4-12H,13H2,1-3H3,(H3,19,21,22)/b20-12+. The topological polar surface area (TPSA) is 82.0 Å². The van der Waals surface area contributed by atoms with Crippen LogP contribution in [0.5, 0.6) is 11.5 Å². The Morgan fingerprint density at radius 3 is 2.44 bits per heavy atom. The lowest BCUT2D eigenvalue weighted by Gasteiger charge is -2.20. The van der Waals surface area contributed by atoms with Crippen molar-refractivity contribution in [2.45, 2.75) is 6.54 Å². The number of guanidine groups is 1. The molecule has 0 spiro atoms. The zero-order chi connectivity index (χ0) is 18.1. The molecule has 0 aliphatic rings. The van der Waals surface area contributed by atoms with E-state index in [0.717, 1.165) is 22.6 Å². The maximum absolute atomic E-state index is 7.91. The molecule has 0 bridgehead atoms. The van der Waals surface area contributed by atoms with Crippen molar-refractivity contribution in [1.82, 2.24) is 15.9 Å². The fourth-order valence-electron chi connectivity index (χ4n) is 2.28. The number of hydrazone groups is 1. The molecule has 2 aromatic carbocycles. The Balaban J connectivity index is 1.86. The van der Waals surface area contributed by atoms with Crippen molar-refractivity contribution >= 4 is 12.2 Å². The van der Waals surface area contributed by atoms with Crippen LogP contribution in [0.2, 0.25) is 0 Å². The maximum Gasteiger partial charge on any atom is 0.224 e. The average molecular weight is 341 g/mol. The Morgan fingerprint density at radius 2 is 1.72 bits per heavy atom. The molecule has 0 fully saturated rings. The van der Waals surface area contributed by atoms with Gasteiger partial charge in [-0.25, -0.2) is 10.4 Å². The third-order valence-corrected chi connectivity index (χ3v) is 3.42. The SMILES string of the molecule is COc1ccccc1/C=N/NC(=N)NN(C)Cc1ccccc1OC. The Hall–Kier alpha value is -3.06. The van der Waals surface area contributed by atoms with Crippen molar-refractivity contribution < 1.29 is 9.47 Å². The highest BCUT2D eigenvalue weighted by atomic mass is 16.5. The number of rotatable bonds is 7. The van der Waals surface area contributed by atoms with Crippen molar-refractivity contribution in [2.75, 3.05) is 21.3 Å². The van der Waals surface area contributed by atoms with Gasteiger partial charge in [0.05, 0.1) is 20.4 Å². The van der Waals surface area contributed by atoms with Gasteiger partial charge in [-0.1, -0.05) is 30.3 Å². The quantitative estimate of drug-likeness (QED) is 0.409. The van der Waals surface area contributed by atoms with Crippen LogP contribution in [0.25, 0.3) is 0 Å². The molecular formula is C18H23N5O2. The van der Waals surface area contributed by atoms with Crippen LogP contribution in [0.3, 0.4) is 0 Å². The summed E-state index contributed by atoms with van der Waals surface area (Å²) in [4.78, 5) is 0. The number of para-hydroxylation sites is 2. The van der Waals surface area contributed by atoms with Gasteiger partial charge in [0.2, 0.25) is 5.96 Å². The lowest BCUT2D eigenvalue weighted by molar-refractivity contribution is 0.273. The van der Waals surface area contributed by atoms with Gasteiger partial charge in [0, 0.05) is 24.7 Å². The Bertz CT molecular complexity index is 733. The number of benzene rings is 2. The first-order valence-electron chi connectivity index (χ1n) is 7.74. The zero-order valence-corrected chi connectivity index (χ0v) is 14.6. The molecule has 0 amide bonds. The fourth-order valence-corrected chi connectivity index (χ4v) is 2.28. The lowest BCUT2D eigenvalue weighted by Crippen LogP contribution is -2.43. The lowest BCUT2D eigenvalue weighted by atomic mass is 10.2. The van der Waals surface area contributed by atoms with Crippen LogP contribution in [-0.4, -0.2) is 38.5 Å². The third-order valence-electron chi connectivity index (χ3n) is 3.42. The van der Waals surface area contributed by atoms with Gasteiger partial charge in [-0.05, 0) is 18.2 Å². The molecule has 0 atom stereocenters. The van der Waals surface area contributed by atoms with Gasteiger partial charge in [-0.3, -0.25) is 10.8 Å². The van der Waals surface area contributed by atoms with Crippen LogP contribution < -0.4 is 20.3 Å². The van der Waals surface area contributed by atoms with E-state index in [1.165, 1.54) is 0 Å². The summed E-state index contributed by atoms with van der Waals surface area (Å²) in [6, 6.07) is 15.3. The highest BCUT2D eigenvalue weighted by Crippen LogP contribution is 2.18. The molecule has 3 N–H and O–H groups in total. The van der Waals surface area contributed by atoms with Crippen molar-refractivity contribution in [1.29, 1.82) is 5.41 Å². The van der Waals surface area contributed by atoms with Gasteiger partial charge >= 0.3 is 0 Å². The zero-order valence-electron chi connectivity index (χ0n) is 14.6. The highest BCUT2D eigenvalue weighted by Gasteiger charge is 2.06. The van der Waals surface area contributed by atoms with Gasteiger partial charge in [0.1, 0.15) is 11.5 Å². The number of hydrogen-bond acceptors (Lipinski definition) is 5. The summed E-state index contributed by atoms with van der Waals surface area (Å²) < 4.78 is 10.6. The summed E-state index contributed by atoms with van der Waals surface area (Å²) in [5.41, 5.74) is 7.39. The number of nitrogens with one attached hydrogen (secondary N) is 3. The number of nitrogens with zero attached hydrogens (tertiary/aromatic N) is 2. The van der Waals surface area contributed by atoms with E-state index in [-0.39, 0.29) is 5.96 Å². The smallest absolute Gasteiger partial charge is 0.224 e. The maximum atomic E-state index is 7.91. The first kappa shape index (κ1) is 18.3. The molecule has 0 radical (unpaired) electrons. The van der Waals surface area contributed by atoms with Crippen LogP contribution in [0.15, 0.2) is 53.6 Å². The van der Waals surface area contributed by atoms with Crippen LogP contribution in [0.1, 0.15) is 11.1 Å². The van der Waals surface area contributed by atoms with E-state index in [4.69, 9.17) is 14.9 Å². The minimum absolute atomic E-state index is 0.0588. The number of ether oxygens (including phenoxy) is 2. The second kappa shape index (κ2) is 9.29. The largest absolute Gasteiger partial charge is 0.496 e. The van der Waals surface area contributed by atoms with E-state index in [2.05, 4.69) is 16.0 Å². The second-order valence-electron chi connectivity index (χ2n) is 5.27. The Labute approximate surface area is 147 Å². The number of hydrogen-bond donors (Lipinski definition) is 3. The molecule has 0 aliphatic heterocycles. The monoisotopic (exact) mass is 341 g/mol. The van der Waals surface area contributed by atoms with E-state index in [1.807, 2.05) is 55.6 Å². The predicted octanol–water partition coefficient (Wildman–Crippen LogP) is 2.20. The first-order valence-corrected chi connectivity index (χ1v) is 7.74. The Kier molecular flexibility index (Phi) is 6.79. The molecule has 7 heteroatoms. The van der Waals surface area contributed by atoms with E-state index < -0.39 is 0 Å². The normalized spacial score (nSPS) is 10.7. The molecule has 0 aliphatic carbocycles. The van der Waals surface area contributed by atoms with Gasteiger partial charge < -0.3 is 9.47 Å². The van der Waals surface area contributed by atoms with Crippen molar-refractivity contribution in [2.24, 2.45) is 5.10 Å². The minimum Gasteiger partial charge on any atom is -0.496 e. The first-order chi connectivity index (χ1) is 12.1. The summed E-state index contributed by atoms with van der Waals surface area (Å²) >= 11 is 0. The van der Waals surface area contributed by atoms with E-state index in [9.17, 15) is 0 Å². The van der Waals surface area contributed by atoms with Gasteiger partial charge in [-0.15, -0.1) is 0 Å². The Morgan fingerprint density at radius 1 is 1.08 bits per heavy atom. The highest BCUT2D eigenvalue weighted by molar-refractivity contribution is 5.85. The van der Waals surface area contributed by atoms with Gasteiger partial charge in [-0.2, -0.15) is 5.10 Å². The van der Waals surface area contributed by atoms with Crippen molar-refractivity contribution in [3.63, 3.8) is 0 Å². The molecule has 2 aromatic rings.